The molecule has 0 bridgehead atoms. The Morgan fingerprint density at radius 2 is 2.06 bits per heavy atom. The maximum Gasteiger partial charge on any atom is 0.0805 e. The fraction of sp³-hybridized carbons (Fsp3) is 0.214. The second kappa shape index (κ2) is 5.61. The molecule has 0 saturated heterocycles. The summed E-state index contributed by atoms with van der Waals surface area (Å²) < 4.78 is 0. The van der Waals surface area contributed by atoms with Gasteiger partial charge < -0.3 is 0 Å². The van der Waals surface area contributed by atoms with E-state index in [9.17, 15) is 0 Å². The summed E-state index contributed by atoms with van der Waals surface area (Å²) in [5, 5.41) is 0. The first-order chi connectivity index (χ1) is 7.54. The summed E-state index contributed by atoms with van der Waals surface area (Å²) in [7, 11) is 0. The third-order valence-electron chi connectivity index (χ3n) is 2.07. The fourth-order valence-corrected chi connectivity index (χ4v) is 1.98. The highest BCUT2D eigenvalue weighted by Crippen LogP contribution is 2.18. The Hall–Kier alpha value is -1.41. The Balaban J connectivity index is 3.09. The van der Waals surface area contributed by atoms with Crippen molar-refractivity contribution < 1.29 is 0 Å². The van der Waals surface area contributed by atoms with Crippen molar-refractivity contribution >= 4 is 17.0 Å². The van der Waals surface area contributed by atoms with E-state index in [1.54, 1.807) is 11.3 Å². The maximum absolute atomic E-state index is 4.50. The predicted octanol–water partition coefficient (Wildman–Crippen LogP) is 4.51. The van der Waals surface area contributed by atoms with Gasteiger partial charge in [0.2, 0.25) is 0 Å². The Bertz CT molecular complexity index is 461. The van der Waals surface area contributed by atoms with Gasteiger partial charge in [-0.15, -0.1) is 11.3 Å². The second-order valence-electron chi connectivity index (χ2n) is 3.63. The van der Waals surface area contributed by atoms with E-state index in [1.807, 2.05) is 26.0 Å². The van der Waals surface area contributed by atoms with Gasteiger partial charge in [-0.2, -0.15) is 0 Å². The highest BCUT2D eigenvalue weighted by Gasteiger charge is 2.03. The van der Waals surface area contributed by atoms with Gasteiger partial charge >= 0.3 is 0 Å². The van der Waals surface area contributed by atoms with Crippen molar-refractivity contribution in [3.8, 4) is 0 Å². The SMILES string of the molecule is C=C(C)C(=C)/N=C(\C=C/C)c1ccc(C)s1. The molecular weight excluding hydrogens is 214 g/mol. The molecule has 2 heteroatoms. The van der Waals surface area contributed by atoms with E-state index in [2.05, 4.69) is 37.2 Å². The number of thiophene rings is 1. The van der Waals surface area contributed by atoms with Crippen LogP contribution in [0.15, 0.2) is 53.7 Å². The molecule has 1 heterocycles. The first kappa shape index (κ1) is 12.7. The summed E-state index contributed by atoms with van der Waals surface area (Å²) in [5.74, 6) is 0. The highest BCUT2D eigenvalue weighted by molar-refractivity contribution is 7.14. The summed E-state index contributed by atoms with van der Waals surface area (Å²) in [4.78, 5) is 6.95. The van der Waals surface area contributed by atoms with Crippen LogP contribution in [0.5, 0.6) is 0 Å². The van der Waals surface area contributed by atoms with Gasteiger partial charge in [-0.3, -0.25) is 0 Å². The first-order valence-electron chi connectivity index (χ1n) is 5.17. The van der Waals surface area contributed by atoms with Crippen LogP contribution in [0.2, 0.25) is 0 Å². The van der Waals surface area contributed by atoms with E-state index < -0.39 is 0 Å². The lowest BCUT2D eigenvalue weighted by atomic mass is 10.2. The molecule has 0 aromatic carbocycles. The normalized spacial score (nSPS) is 12.1. The van der Waals surface area contributed by atoms with Crippen LogP contribution in [0, 0.1) is 6.92 Å². The van der Waals surface area contributed by atoms with Crippen molar-refractivity contribution in [1.29, 1.82) is 0 Å². The van der Waals surface area contributed by atoms with Gasteiger partial charge in [0, 0.05) is 4.88 Å². The molecule has 1 nitrogen and oxygen atoms in total. The van der Waals surface area contributed by atoms with Crippen LogP contribution >= 0.6 is 11.3 Å². The number of hydrogen-bond acceptors (Lipinski definition) is 2. The van der Waals surface area contributed by atoms with Gasteiger partial charge in [-0.25, -0.2) is 4.99 Å². The van der Waals surface area contributed by atoms with Crippen molar-refractivity contribution in [2.45, 2.75) is 20.8 Å². The standard InChI is InChI=1S/C14H17NS/c1-6-7-13(15-12(5)10(2)3)14-9-8-11(4)16-14/h6-9H,2,5H2,1,3-4H3/b7-6-,15-13+. The van der Waals surface area contributed by atoms with E-state index >= 15 is 0 Å². The zero-order valence-corrected chi connectivity index (χ0v) is 10.9. The lowest BCUT2D eigenvalue weighted by molar-refractivity contribution is 1.31. The third kappa shape index (κ3) is 3.31. The van der Waals surface area contributed by atoms with Gasteiger partial charge in [-0.1, -0.05) is 19.2 Å². The van der Waals surface area contributed by atoms with Crippen LogP contribution in [0.3, 0.4) is 0 Å². The molecule has 0 atom stereocenters. The van der Waals surface area contributed by atoms with E-state index in [4.69, 9.17) is 0 Å². The Labute approximate surface area is 102 Å². The van der Waals surface area contributed by atoms with Crippen molar-refractivity contribution in [1.82, 2.24) is 0 Å². The summed E-state index contributed by atoms with van der Waals surface area (Å²) in [6.45, 7) is 13.7. The molecule has 0 aliphatic carbocycles. The number of aliphatic imine (C=N–C) groups is 1. The second-order valence-corrected chi connectivity index (χ2v) is 4.92. The molecule has 1 aromatic rings. The van der Waals surface area contributed by atoms with Crippen LogP contribution in [-0.4, -0.2) is 5.71 Å². The van der Waals surface area contributed by atoms with Gasteiger partial charge in [0.1, 0.15) is 0 Å². The highest BCUT2D eigenvalue weighted by atomic mass is 32.1. The topological polar surface area (TPSA) is 12.4 Å². The van der Waals surface area contributed by atoms with Gasteiger partial charge in [0.15, 0.2) is 0 Å². The molecule has 0 unspecified atom stereocenters. The summed E-state index contributed by atoms with van der Waals surface area (Å²) in [6.07, 6.45) is 3.99. The van der Waals surface area contributed by atoms with Crippen molar-refractivity contribution in [3.63, 3.8) is 0 Å². The Morgan fingerprint density at radius 1 is 1.38 bits per heavy atom. The Kier molecular flexibility index (Phi) is 4.44. The van der Waals surface area contributed by atoms with Crippen LogP contribution in [-0.2, 0) is 0 Å². The summed E-state index contributed by atoms with van der Waals surface area (Å²) in [5.41, 5.74) is 2.59. The molecule has 0 aliphatic rings. The molecule has 1 aromatic heterocycles. The van der Waals surface area contributed by atoms with E-state index in [1.165, 1.54) is 4.88 Å². The van der Waals surface area contributed by atoms with Crippen LogP contribution in [0.25, 0.3) is 0 Å². The minimum absolute atomic E-state index is 0.735. The molecule has 0 N–H and O–H groups in total. The number of nitrogens with zero attached hydrogens (tertiary/aromatic N) is 1. The number of aryl methyl sites for hydroxylation is 1. The average molecular weight is 231 g/mol. The van der Waals surface area contributed by atoms with Gasteiger partial charge in [0.25, 0.3) is 0 Å². The van der Waals surface area contributed by atoms with E-state index in [0.29, 0.717) is 0 Å². The van der Waals surface area contributed by atoms with E-state index in [-0.39, 0.29) is 0 Å². The van der Waals surface area contributed by atoms with Crippen LogP contribution in [0.4, 0.5) is 0 Å². The first-order valence-corrected chi connectivity index (χ1v) is 5.99. The lowest BCUT2D eigenvalue weighted by Gasteiger charge is -2.01. The van der Waals surface area contributed by atoms with Crippen molar-refractivity contribution in [3.05, 3.63) is 58.5 Å². The van der Waals surface area contributed by atoms with Crippen LogP contribution in [0.1, 0.15) is 23.6 Å². The molecule has 0 aliphatic heterocycles. The van der Waals surface area contributed by atoms with Crippen LogP contribution < -0.4 is 0 Å². The fourth-order valence-electron chi connectivity index (χ4n) is 1.15. The summed E-state index contributed by atoms with van der Waals surface area (Å²) >= 11 is 1.74. The number of allylic oxidation sites excluding steroid dienone is 3. The monoisotopic (exact) mass is 231 g/mol. The zero-order chi connectivity index (χ0) is 12.1. The van der Waals surface area contributed by atoms with Crippen molar-refractivity contribution in [2.24, 2.45) is 4.99 Å². The smallest absolute Gasteiger partial charge is 0.0805 e. The molecule has 0 radical (unpaired) electrons. The van der Waals surface area contributed by atoms with Gasteiger partial charge in [0.05, 0.1) is 16.3 Å². The quantitative estimate of drug-likeness (QED) is 0.534. The molecular formula is C14H17NS. The zero-order valence-electron chi connectivity index (χ0n) is 10.1. The summed E-state index contributed by atoms with van der Waals surface area (Å²) in [6, 6.07) is 4.19. The van der Waals surface area contributed by atoms with Crippen molar-refractivity contribution in [2.75, 3.05) is 0 Å². The molecule has 16 heavy (non-hydrogen) atoms. The third-order valence-corrected chi connectivity index (χ3v) is 3.09. The maximum atomic E-state index is 4.50. The largest absolute Gasteiger partial charge is 0.248 e. The molecule has 0 spiro atoms. The van der Waals surface area contributed by atoms with E-state index in [0.717, 1.165) is 21.9 Å². The molecule has 84 valence electrons. The Morgan fingerprint density at radius 3 is 2.50 bits per heavy atom. The minimum atomic E-state index is 0.735. The number of hydrogen-bond donors (Lipinski definition) is 0. The lowest BCUT2D eigenvalue weighted by Crippen LogP contribution is -1.94. The average Bonchev–Trinajstić information content (AvgIpc) is 2.64. The minimum Gasteiger partial charge on any atom is -0.248 e. The molecule has 0 amide bonds. The molecule has 1 rings (SSSR count). The van der Waals surface area contributed by atoms with Gasteiger partial charge in [-0.05, 0) is 44.6 Å². The predicted molar refractivity (Wildman–Crippen MR) is 74.4 cm³/mol. The number of rotatable bonds is 4. The molecule has 0 saturated carbocycles. The molecule has 0 fully saturated rings.